The van der Waals surface area contributed by atoms with Crippen LogP contribution in [0.3, 0.4) is 0 Å². The predicted molar refractivity (Wildman–Crippen MR) is 59.3 cm³/mol. The molecule has 0 aliphatic heterocycles. The first kappa shape index (κ1) is 10.7. The van der Waals surface area contributed by atoms with E-state index < -0.39 is 0 Å². The minimum Gasteiger partial charge on any atom is -0.469 e. The van der Waals surface area contributed by atoms with Crippen molar-refractivity contribution in [2.24, 2.45) is 0 Å². The van der Waals surface area contributed by atoms with E-state index in [1.54, 1.807) is 23.3 Å². The molecule has 0 aliphatic rings. The maximum atomic E-state index is 11.8. The molecule has 0 amide bonds. The Kier molecular flexibility index (Phi) is 3.19. The van der Waals surface area contributed by atoms with E-state index in [-0.39, 0.29) is 5.78 Å². The summed E-state index contributed by atoms with van der Waals surface area (Å²) in [5, 5.41) is 4.07. The molecule has 0 aliphatic carbocycles. The molecule has 4 heteroatoms. The van der Waals surface area contributed by atoms with E-state index in [0.717, 1.165) is 12.3 Å². The second-order valence-corrected chi connectivity index (χ2v) is 3.59. The summed E-state index contributed by atoms with van der Waals surface area (Å²) >= 11 is 0. The van der Waals surface area contributed by atoms with Crippen LogP contribution in [0.2, 0.25) is 0 Å². The van der Waals surface area contributed by atoms with Crippen molar-refractivity contribution >= 4 is 5.78 Å². The molecule has 0 unspecified atom stereocenters. The third-order valence-electron chi connectivity index (χ3n) is 2.46. The van der Waals surface area contributed by atoms with Crippen molar-refractivity contribution in [1.29, 1.82) is 0 Å². The molecule has 2 rings (SSSR count). The number of Topliss-reactive ketones (excluding diaryl/α,β-unsaturated/α-hetero) is 1. The Hall–Kier alpha value is -1.84. The molecule has 84 valence electrons. The summed E-state index contributed by atoms with van der Waals surface area (Å²) in [5.74, 6) is 0.951. The molecule has 2 aromatic rings. The minimum atomic E-state index is 0.108. The molecule has 0 saturated heterocycles. The molecule has 16 heavy (non-hydrogen) atoms. The van der Waals surface area contributed by atoms with E-state index in [1.807, 2.05) is 19.1 Å². The lowest BCUT2D eigenvalue weighted by atomic mass is 10.1. The van der Waals surface area contributed by atoms with E-state index >= 15 is 0 Å². The zero-order valence-corrected chi connectivity index (χ0v) is 9.22. The highest BCUT2D eigenvalue weighted by atomic mass is 16.3. The normalized spacial score (nSPS) is 10.6. The number of ketones is 1. The van der Waals surface area contributed by atoms with Gasteiger partial charge in [0, 0.05) is 25.6 Å². The van der Waals surface area contributed by atoms with Gasteiger partial charge in [-0.25, -0.2) is 0 Å². The van der Waals surface area contributed by atoms with Crippen molar-refractivity contribution < 1.29 is 9.21 Å². The number of hydrogen-bond acceptors (Lipinski definition) is 3. The maximum Gasteiger partial charge on any atom is 0.166 e. The Bertz CT molecular complexity index is 457. The average molecular weight is 218 g/mol. The van der Waals surface area contributed by atoms with Crippen LogP contribution in [0.1, 0.15) is 29.5 Å². The van der Waals surface area contributed by atoms with Crippen molar-refractivity contribution in [3.05, 3.63) is 42.1 Å². The van der Waals surface area contributed by atoms with Crippen LogP contribution < -0.4 is 0 Å². The fraction of sp³-hybridized carbons (Fsp3) is 0.333. The Morgan fingerprint density at radius 3 is 3.06 bits per heavy atom. The molecule has 0 fully saturated rings. The van der Waals surface area contributed by atoms with Gasteiger partial charge in [0.2, 0.25) is 0 Å². The lowest BCUT2D eigenvalue weighted by molar-refractivity contribution is 0.0981. The van der Waals surface area contributed by atoms with Crippen molar-refractivity contribution in [2.75, 3.05) is 0 Å². The number of carbonyl (C=O) groups is 1. The summed E-state index contributed by atoms with van der Waals surface area (Å²) in [5.41, 5.74) is 0.674. The van der Waals surface area contributed by atoms with Gasteiger partial charge < -0.3 is 4.42 Å². The molecule has 0 aromatic carbocycles. The smallest absolute Gasteiger partial charge is 0.166 e. The number of furan rings is 1. The Labute approximate surface area is 93.9 Å². The van der Waals surface area contributed by atoms with Gasteiger partial charge in [0.1, 0.15) is 5.76 Å². The summed E-state index contributed by atoms with van der Waals surface area (Å²) in [6.07, 6.45) is 6.12. The largest absolute Gasteiger partial charge is 0.469 e. The first-order chi connectivity index (χ1) is 7.79. The molecular formula is C12H14N2O2. The first-order valence-electron chi connectivity index (χ1n) is 5.37. The molecule has 0 bridgehead atoms. The quantitative estimate of drug-likeness (QED) is 0.723. The average Bonchev–Trinajstić information content (AvgIpc) is 2.96. The molecule has 0 radical (unpaired) electrons. The minimum absolute atomic E-state index is 0.108. The van der Waals surface area contributed by atoms with Crippen LogP contribution >= 0.6 is 0 Å². The fourth-order valence-corrected chi connectivity index (χ4v) is 1.52. The van der Waals surface area contributed by atoms with E-state index in [2.05, 4.69) is 5.10 Å². The third-order valence-corrected chi connectivity index (χ3v) is 2.46. The lowest BCUT2D eigenvalue weighted by Crippen LogP contribution is -1.99. The van der Waals surface area contributed by atoms with Gasteiger partial charge >= 0.3 is 0 Å². The molecule has 4 nitrogen and oxygen atoms in total. The van der Waals surface area contributed by atoms with Crippen LogP contribution in [0, 0.1) is 0 Å². The fourth-order valence-electron chi connectivity index (χ4n) is 1.52. The van der Waals surface area contributed by atoms with Gasteiger partial charge in [-0.3, -0.25) is 9.48 Å². The number of nitrogens with zero attached hydrogens (tertiary/aromatic N) is 2. The molecule has 2 aromatic heterocycles. The molecule has 0 saturated carbocycles. The van der Waals surface area contributed by atoms with Gasteiger partial charge in [0.25, 0.3) is 0 Å². The van der Waals surface area contributed by atoms with E-state index in [9.17, 15) is 4.79 Å². The lowest BCUT2D eigenvalue weighted by Gasteiger charge is -1.95. The van der Waals surface area contributed by atoms with Crippen LogP contribution in [0.4, 0.5) is 0 Å². The van der Waals surface area contributed by atoms with E-state index in [1.165, 1.54) is 0 Å². The highest BCUT2D eigenvalue weighted by Crippen LogP contribution is 2.08. The van der Waals surface area contributed by atoms with Gasteiger partial charge in [-0.1, -0.05) is 0 Å². The predicted octanol–water partition coefficient (Wildman–Crippen LogP) is 2.31. The van der Waals surface area contributed by atoms with Gasteiger partial charge in [0.05, 0.1) is 18.0 Å². The summed E-state index contributed by atoms with van der Waals surface area (Å²) in [7, 11) is 0. The summed E-state index contributed by atoms with van der Waals surface area (Å²) in [6.45, 7) is 2.77. The second-order valence-electron chi connectivity index (χ2n) is 3.59. The monoisotopic (exact) mass is 218 g/mol. The SMILES string of the molecule is CCn1cc(C(=O)CCc2ccco2)cn1. The highest BCUT2D eigenvalue weighted by molar-refractivity contribution is 5.95. The molecule has 0 N–H and O–H groups in total. The van der Waals surface area contributed by atoms with Crippen molar-refractivity contribution in [3.63, 3.8) is 0 Å². The molecule has 0 atom stereocenters. The molecular weight excluding hydrogens is 204 g/mol. The Morgan fingerprint density at radius 1 is 1.56 bits per heavy atom. The van der Waals surface area contributed by atoms with Crippen molar-refractivity contribution in [3.8, 4) is 0 Å². The first-order valence-corrected chi connectivity index (χ1v) is 5.37. The Morgan fingerprint density at radius 2 is 2.44 bits per heavy atom. The number of hydrogen-bond donors (Lipinski definition) is 0. The molecule has 2 heterocycles. The van der Waals surface area contributed by atoms with Crippen LogP contribution in [-0.4, -0.2) is 15.6 Å². The second kappa shape index (κ2) is 4.79. The van der Waals surface area contributed by atoms with E-state index in [4.69, 9.17) is 4.42 Å². The summed E-state index contributed by atoms with van der Waals surface area (Å²) in [6, 6.07) is 3.71. The number of rotatable bonds is 5. The number of carbonyl (C=O) groups excluding carboxylic acids is 1. The summed E-state index contributed by atoms with van der Waals surface area (Å²) < 4.78 is 6.92. The van der Waals surface area contributed by atoms with E-state index in [0.29, 0.717) is 18.4 Å². The standard InChI is InChI=1S/C12H14N2O2/c1-2-14-9-10(8-13-14)12(15)6-5-11-4-3-7-16-11/h3-4,7-9H,2,5-6H2,1H3. The van der Waals surface area contributed by atoms with Gasteiger partial charge in [-0.05, 0) is 19.1 Å². The maximum absolute atomic E-state index is 11.8. The van der Waals surface area contributed by atoms with Crippen molar-refractivity contribution in [2.45, 2.75) is 26.3 Å². The highest BCUT2D eigenvalue weighted by Gasteiger charge is 2.09. The third kappa shape index (κ3) is 2.39. The van der Waals surface area contributed by atoms with Gasteiger partial charge in [0.15, 0.2) is 5.78 Å². The molecule has 0 spiro atoms. The number of aromatic nitrogens is 2. The number of aryl methyl sites for hydroxylation is 2. The van der Waals surface area contributed by atoms with Crippen LogP contribution in [0.5, 0.6) is 0 Å². The summed E-state index contributed by atoms with van der Waals surface area (Å²) in [4.78, 5) is 11.8. The Balaban J connectivity index is 1.93. The van der Waals surface area contributed by atoms with Gasteiger partial charge in [-0.2, -0.15) is 5.10 Å². The van der Waals surface area contributed by atoms with Gasteiger partial charge in [-0.15, -0.1) is 0 Å². The van der Waals surface area contributed by atoms with Crippen LogP contribution in [-0.2, 0) is 13.0 Å². The van der Waals surface area contributed by atoms with Crippen molar-refractivity contribution in [1.82, 2.24) is 9.78 Å². The van der Waals surface area contributed by atoms with Crippen LogP contribution in [0.15, 0.2) is 35.2 Å². The zero-order valence-electron chi connectivity index (χ0n) is 9.22. The van der Waals surface area contributed by atoms with Crippen LogP contribution in [0.25, 0.3) is 0 Å². The zero-order chi connectivity index (χ0) is 11.4. The topological polar surface area (TPSA) is 48.0 Å².